The normalized spacial score (nSPS) is 11.2. The molecule has 10 rings (SSSR count). The zero-order valence-electron chi connectivity index (χ0n) is 35.4. The van der Waals surface area contributed by atoms with Gasteiger partial charge in [-0.3, -0.25) is 9.97 Å². The predicted molar refractivity (Wildman–Crippen MR) is 255 cm³/mol. The Balaban J connectivity index is 1.16. The first kappa shape index (κ1) is 41.7. The molecule has 0 N–H and O–H groups in total. The van der Waals surface area contributed by atoms with E-state index in [1.54, 1.807) is 36.5 Å². The molecule has 10 aromatic rings. The first-order valence-electron chi connectivity index (χ1n) is 21.3. The maximum atomic E-state index is 15.8. The molecule has 2 aromatic heterocycles. The minimum atomic E-state index is -0.744. The van der Waals surface area contributed by atoms with Crippen molar-refractivity contribution in [1.29, 1.82) is 0 Å². The summed E-state index contributed by atoms with van der Waals surface area (Å²) < 4.78 is 74.9. The van der Waals surface area contributed by atoms with Crippen molar-refractivity contribution < 1.29 is 22.0 Å². The number of pyridine rings is 2. The van der Waals surface area contributed by atoms with Crippen LogP contribution in [0.1, 0.15) is 5.56 Å². The molecule has 7 heteroatoms. The van der Waals surface area contributed by atoms with Crippen LogP contribution in [0, 0.1) is 36.0 Å². The monoisotopic (exact) mass is 868 g/mol. The maximum Gasteiger partial charge on any atom is 0.135 e. The van der Waals surface area contributed by atoms with Crippen LogP contribution in [0.3, 0.4) is 0 Å². The molecule has 2 nitrogen and oxygen atoms in total. The summed E-state index contributed by atoms with van der Waals surface area (Å²) in [5, 5.41) is 0. The van der Waals surface area contributed by atoms with Gasteiger partial charge in [-0.15, -0.1) is 0 Å². The fourth-order valence-electron chi connectivity index (χ4n) is 8.58. The Morgan fingerprint density at radius 3 is 1.38 bits per heavy atom. The van der Waals surface area contributed by atoms with Crippen molar-refractivity contribution in [2.24, 2.45) is 0 Å². The zero-order valence-corrected chi connectivity index (χ0v) is 35.4. The number of rotatable bonds is 9. The van der Waals surface area contributed by atoms with E-state index in [2.05, 4.69) is 47.4 Å². The number of hydrogen-bond acceptors (Lipinski definition) is 2. The van der Waals surface area contributed by atoms with Gasteiger partial charge in [-0.05, 0) is 158 Å². The summed E-state index contributed by atoms with van der Waals surface area (Å²) in [6, 6.07) is 56.3. The highest BCUT2D eigenvalue weighted by Crippen LogP contribution is 2.44. The average Bonchev–Trinajstić information content (AvgIpc) is 3.34. The molecular weight excluding hydrogens is 832 g/mol. The van der Waals surface area contributed by atoms with Crippen molar-refractivity contribution in [3.05, 3.63) is 241 Å². The second-order valence-electron chi connectivity index (χ2n) is 16.1. The van der Waals surface area contributed by atoms with Crippen molar-refractivity contribution in [2.45, 2.75) is 6.92 Å². The summed E-state index contributed by atoms with van der Waals surface area (Å²) in [7, 11) is 0. The molecule has 0 unspecified atom stereocenters. The molecule has 0 aliphatic heterocycles. The van der Waals surface area contributed by atoms with Crippen LogP contribution in [0.5, 0.6) is 0 Å². The molecule has 0 aliphatic rings. The van der Waals surface area contributed by atoms with Crippen molar-refractivity contribution in [3.8, 4) is 100 Å². The van der Waals surface area contributed by atoms with Crippen LogP contribution in [-0.4, -0.2) is 9.97 Å². The van der Waals surface area contributed by atoms with Gasteiger partial charge >= 0.3 is 0 Å². The molecule has 0 aliphatic carbocycles. The molecule has 66 heavy (non-hydrogen) atoms. The van der Waals surface area contributed by atoms with Crippen LogP contribution in [-0.2, 0) is 0 Å². The second-order valence-corrected chi connectivity index (χ2v) is 16.1. The highest BCUT2D eigenvalue weighted by molar-refractivity contribution is 5.96. The third-order valence-electron chi connectivity index (χ3n) is 11.9. The fraction of sp³-hybridized carbons (Fsp3) is 0.0169. The van der Waals surface area contributed by atoms with Crippen molar-refractivity contribution in [2.75, 3.05) is 0 Å². The van der Waals surface area contributed by atoms with Gasteiger partial charge in [-0.25, -0.2) is 22.0 Å². The average molecular weight is 869 g/mol. The molecule has 0 amide bonds. The van der Waals surface area contributed by atoms with Gasteiger partial charge in [0.25, 0.3) is 0 Å². The first-order valence-corrected chi connectivity index (χ1v) is 21.3. The number of nitrogens with zero attached hydrogens (tertiary/aromatic N) is 2. The molecule has 0 saturated carbocycles. The summed E-state index contributed by atoms with van der Waals surface area (Å²) in [6.45, 7) is 1.84. The van der Waals surface area contributed by atoms with Gasteiger partial charge in [0, 0.05) is 40.7 Å². The lowest BCUT2D eigenvalue weighted by molar-refractivity contribution is 0.585. The zero-order chi connectivity index (χ0) is 45.3. The van der Waals surface area contributed by atoms with E-state index in [4.69, 9.17) is 4.98 Å². The van der Waals surface area contributed by atoms with Gasteiger partial charge in [-0.1, -0.05) is 109 Å². The van der Waals surface area contributed by atoms with E-state index in [0.717, 1.165) is 45.1 Å². The van der Waals surface area contributed by atoms with E-state index in [-0.39, 0.29) is 5.56 Å². The van der Waals surface area contributed by atoms with E-state index >= 15 is 8.78 Å². The summed E-state index contributed by atoms with van der Waals surface area (Å²) in [5.74, 6) is -2.85. The lowest BCUT2D eigenvalue weighted by atomic mass is 9.86. The number of aryl methyl sites for hydroxylation is 1. The predicted octanol–water partition coefficient (Wildman–Crippen LogP) is 16.5. The minimum absolute atomic E-state index is 0.140. The number of hydrogen-bond donors (Lipinski definition) is 0. The van der Waals surface area contributed by atoms with Crippen LogP contribution in [0.4, 0.5) is 22.0 Å². The summed E-state index contributed by atoms with van der Waals surface area (Å²) in [5.41, 5.74) is 12.9. The summed E-state index contributed by atoms with van der Waals surface area (Å²) >= 11 is 0. The maximum absolute atomic E-state index is 15.8. The van der Waals surface area contributed by atoms with E-state index in [1.807, 2.05) is 79.9 Å². The molecule has 0 atom stereocenters. The number of aromatic nitrogens is 2. The largest absolute Gasteiger partial charge is 0.256 e. The Morgan fingerprint density at radius 1 is 0.273 bits per heavy atom. The lowest BCUT2D eigenvalue weighted by Gasteiger charge is -2.19. The van der Waals surface area contributed by atoms with Gasteiger partial charge in [0.1, 0.15) is 29.1 Å². The Hall–Kier alpha value is -8.29. The van der Waals surface area contributed by atoms with E-state index in [1.165, 1.54) is 48.5 Å². The van der Waals surface area contributed by atoms with Gasteiger partial charge in [0.05, 0.1) is 11.4 Å². The van der Waals surface area contributed by atoms with E-state index < -0.39 is 29.1 Å². The molecule has 0 saturated heterocycles. The van der Waals surface area contributed by atoms with Crippen LogP contribution in [0.15, 0.2) is 207 Å². The third-order valence-corrected chi connectivity index (χ3v) is 11.9. The molecule has 0 spiro atoms. The minimum Gasteiger partial charge on any atom is -0.256 e. The smallest absolute Gasteiger partial charge is 0.135 e. The molecule has 2 heterocycles. The quantitative estimate of drug-likeness (QED) is 0.135. The van der Waals surface area contributed by atoms with E-state index in [9.17, 15) is 13.2 Å². The molecular formula is C59H37F5N2. The SMILES string of the molecule is Cc1cc(-c2ccc(F)cc2F)ncc1-c1ccc(F)cc1-c1cc(-c2cccc(F)c2)cc(-c2cc(F)ccc2-c2cnc(-c3ccccc3)cc2-c2ccc(-c3ccccc3)cc2)c1. The van der Waals surface area contributed by atoms with Crippen molar-refractivity contribution in [3.63, 3.8) is 0 Å². The fourth-order valence-corrected chi connectivity index (χ4v) is 8.58. The Labute approximate surface area is 379 Å². The van der Waals surface area contributed by atoms with Crippen LogP contribution < -0.4 is 0 Å². The van der Waals surface area contributed by atoms with Crippen molar-refractivity contribution >= 4 is 0 Å². The van der Waals surface area contributed by atoms with Gasteiger partial charge in [0.15, 0.2) is 0 Å². The summed E-state index contributed by atoms with van der Waals surface area (Å²) in [4.78, 5) is 9.51. The number of halogens is 5. The van der Waals surface area contributed by atoms with Crippen LogP contribution >= 0.6 is 0 Å². The highest BCUT2D eigenvalue weighted by atomic mass is 19.1. The Bertz CT molecular complexity index is 3420. The Morgan fingerprint density at radius 2 is 0.758 bits per heavy atom. The molecule has 0 radical (unpaired) electrons. The standard InChI is InChI=1S/C59H37F5N2/c1-36-25-59(51-24-21-48(63)32-57(51)64)66-34-55(36)49-22-19-46(61)30-52(49)43-26-42(41-13-8-14-45(60)29-41)27-44(28-43)53-31-47(62)20-23-50(53)56-35-65-58(40-11-6-3-7-12-40)33-54(56)39-17-15-38(16-18-39)37-9-4-2-5-10-37/h2-35H,1H3. The van der Waals surface area contributed by atoms with Crippen molar-refractivity contribution in [1.82, 2.24) is 9.97 Å². The van der Waals surface area contributed by atoms with Gasteiger partial charge in [0.2, 0.25) is 0 Å². The first-order chi connectivity index (χ1) is 32.1. The lowest BCUT2D eigenvalue weighted by Crippen LogP contribution is -1.96. The molecule has 0 bridgehead atoms. The Kier molecular flexibility index (Phi) is 11.2. The molecule has 8 aromatic carbocycles. The summed E-state index contributed by atoms with van der Waals surface area (Å²) in [6.07, 6.45) is 3.41. The van der Waals surface area contributed by atoms with Gasteiger partial charge in [-0.2, -0.15) is 0 Å². The molecule has 0 fully saturated rings. The highest BCUT2D eigenvalue weighted by Gasteiger charge is 2.20. The number of benzene rings is 8. The third kappa shape index (κ3) is 8.42. The topological polar surface area (TPSA) is 25.8 Å². The van der Waals surface area contributed by atoms with Crippen LogP contribution in [0.2, 0.25) is 0 Å². The molecule has 318 valence electrons. The van der Waals surface area contributed by atoms with Gasteiger partial charge < -0.3 is 0 Å². The van der Waals surface area contributed by atoms with E-state index in [0.29, 0.717) is 61.3 Å². The second kappa shape index (κ2) is 17.7. The van der Waals surface area contributed by atoms with Crippen LogP contribution in [0.25, 0.3) is 100 Å².